The molecule has 10 heteroatoms. The van der Waals surface area contributed by atoms with E-state index in [4.69, 9.17) is 56.5 Å². The zero-order valence-electron chi connectivity index (χ0n) is 19.4. The molecule has 0 aliphatic carbocycles. The average Bonchev–Trinajstić information content (AvgIpc) is 2.81. The number of aryl methyl sites for hydroxylation is 1. The molecule has 2 aromatic carbocycles. The van der Waals surface area contributed by atoms with Gasteiger partial charge >= 0.3 is 0 Å². The van der Waals surface area contributed by atoms with Crippen molar-refractivity contribution >= 4 is 63.7 Å². The number of ether oxygens (including phenoxy) is 2. The van der Waals surface area contributed by atoms with Gasteiger partial charge in [0.05, 0.1) is 14.2 Å². The Bertz CT molecular complexity index is 953. The van der Waals surface area contributed by atoms with Crippen molar-refractivity contribution in [2.75, 3.05) is 19.5 Å². The normalized spacial score (nSPS) is 11.9. The van der Waals surface area contributed by atoms with Crippen LogP contribution < -0.4 is 25.4 Å². The number of nitrogens with one attached hydrogen (secondary N) is 3. The molecule has 6 nitrogen and oxygen atoms in total. The van der Waals surface area contributed by atoms with E-state index in [1.807, 2.05) is 12.1 Å². The van der Waals surface area contributed by atoms with Gasteiger partial charge in [0, 0.05) is 11.3 Å². The number of carbonyl (C=O) groups excluding carboxylic acids is 1. The Morgan fingerprint density at radius 2 is 1.65 bits per heavy atom. The summed E-state index contributed by atoms with van der Waals surface area (Å²) in [5.41, 5.74) is 2.35. The molecule has 0 aliphatic heterocycles. The lowest BCUT2D eigenvalue weighted by atomic mass is 10.1. The first kappa shape index (κ1) is 28.3. The number of methoxy groups -OCH3 is 2. The molecular weight excluding hydrogens is 517 g/mol. The third kappa shape index (κ3) is 9.02. The van der Waals surface area contributed by atoms with Gasteiger partial charge in [-0.25, -0.2) is 0 Å². The maximum absolute atomic E-state index is 12.8. The Labute approximate surface area is 221 Å². The van der Waals surface area contributed by atoms with Gasteiger partial charge in [0.2, 0.25) is 3.79 Å². The second kappa shape index (κ2) is 13.8. The standard InChI is InChI=1S/C24H30Cl3N3O3S/c1-4-5-6-7-8-16-9-12-18(13-10-16)28-23(34)30-22(24(25,26)27)29-21(31)17-11-14-19(32-2)20(15-17)33-3/h9-15,22H,4-8H2,1-3H3,(H,29,31)(H2,28,30,34). The summed E-state index contributed by atoms with van der Waals surface area (Å²) in [6, 6.07) is 12.7. The molecule has 1 unspecified atom stereocenters. The predicted molar refractivity (Wildman–Crippen MR) is 145 cm³/mol. The van der Waals surface area contributed by atoms with Crippen molar-refractivity contribution in [3.05, 3.63) is 53.6 Å². The molecule has 2 rings (SSSR count). The van der Waals surface area contributed by atoms with Crippen LogP contribution in [0.3, 0.4) is 0 Å². The van der Waals surface area contributed by atoms with Gasteiger partial charge in [0.25, 0.3) is 5.91 Å². The first-order valence-corrected chi connectivity index (χ1v) is 12.5. The molecular formula is C24H30Cl3N3O3S. The molecule has 0 radical (unpaired) electrons. The molecule has 0 saturated heterocycles. The third-order valence-electron chi connectivity index (χ3n) is 5.05. The Morgan fingerprint density at radius 3 is 2.24 bits per heavy atom. The Hall–Kier alpha value is -1.93. The second-order valence-corrected chi connectivity index (χ2v) is 10.4. The van der Waals surface area contributed by atoms with Gasteiger partial charge in [-0.2, -0.15) is 0 Å². The van der Waals surface area contributed by atoms with Crippen molar-refractivity contribution in [3.8, 4) is 11.5 Å². The summed E-state index contributed by atoms with van der Waals surface area (Å²) in [7, 11) is 2.99. The fraction of sp³-hybridized carbons (Fsp3) is 0.417. The second-order valence-electron chi connectivity index (χ2n) is 7.62. The van der Waals surface area contributed by atoms with Crippen LogP contribution in [0.5, 0.6) is 11.5 Å². The van der Waals surface area contributed by atoms with E-state index in [0.717, 1.165) is 12.1 Å². The summed E-state index contributed by atoms with van der Waals surface area (Å²) in [6.45, 7) is 2.20. The number of alkyl halides is 3. The largest absolute Gasteiger partial charge is 0.493 e. The van der Waals surface area contributed by atoms with Crippen LogP contribution in [0.1, 0.15) is 48.5 Å². The third-order valence-corrected chi connectivity index (χ3v) is 5.93. The van der Waals surface area contributed by atoms with Crippen LogP contribution in [0.4, 0.5) is 5.69 Å². The number of unbranched alkanes of at least 4 members (excludes halogenated alkanes) is 3. The minimum absolute atomic E-state index is 0.194. The van der Waals surface area contributed by atoms with Crippen LogP contribution in [0.15, 0.2) is 42.5 Å². The van der Waals surface area contributed by atoms with E-state index >= 15 is 0 Å². The monoisotopic (exact) mass is 545 g/mol. The quantitative estimate of drug-likeness (QED) is 0.134. The van der Waals surface area contributed by atoms with Gasteiger partial charge in [-0.3, -0.25) is 4.79 Å². The maximum Gasteiger partial charge on any atom is 0.253 e. The summed E-state index contributed by atoms with van der Waals surface area (Å²) < 4.78 is 8.56. The molecule has 0 bridgehead atoms. The average molecular weight is 547 g/mol. The van der Waals surface area contributed by atoms with E-state index in [0.29, 0.717) is 17.1 Å². The lowest BCUT2D eigenvalue weighted by Crippen LogP contribution is -2.56. The molecule has 34 heavy (non-hydrogen) atoms. The fourth-order valence-corrected chi connectivity index (χ4v) is 3.76. The Balaban J connectivity index is 1.99. The van der Waals surface area contributed by atoms with Crippen LogP contribution in [-0.4, -0.2) is 35.2 Å². The van der Waals surface area contributed by atoms with Crippen LogP contribution in [0, 0.1) is 0 Å². The molecule has 0 fully saturated rings. The molecule has 2 aromatic rings. The zero-order chi connectivity index (χ0) is 25.1. The molecule has 1 atom stereocenters. The van der Waals surface area contributed by atoms with E-state index < -0.39 is 15.9 Å². The van der Waals surface area contributed by atoms with E-state index in [1.165, 1.54) is 51.5 Å². The lowest BCUT2D eigenvalue weighted by Gasteiger charge is -2.28. The highest BCUT2D eigenvalue weighted by atomic mass is 35.6. The van der Waals surface area contributed by atoms with Crippen molar-refractivity contribution in [1.82, 2.24) is 10.6 Å². The van der Waals surface area contributed by atoms with E-state index in [-0.39, 0.29) is 5.11 Å². The number of hydrogen-bond donors (Lipinski definition) is 3. The molecule has 0 aliphatic rings. The first-order valence-electron chi connectivity index (χ1n) is 10.9. The van der Waals surface area contributed by atoms with Gasteiger partial charge in [-0.05, 0) is 61.0 Å². The van der Waals surface area contributed by atoms with Crippen molar-refractivity contribution in [3.63, 3.8) is 0 Å². The van der Waals surface area contributed by atoms with Gasteiger partial charge in [0.1, 0.15) is 6.17 Å². The predicted octanol–water partition coefficient (Wildman–Crippen LogP) is 6.24. The van der Waals surface area contributed by atoms with Crippen molar-refractivity contribution in [2.45, 2.75) is 49.0 Å². The van der Waals surface area contributed by atoms with Gasteiger partial charge < -0.3 is 25.4 Å². The van der Waals surface area contributed by atoms with E-state index in [2.05, 4.69) is 35.0 Å². The number of anilines is 1. The highest BCUT2D eigenvalue weighted by Crippen LogP contribution is 2.30. The summed E-state index contributed by atoms with van der Waals surface area (Å²) in [4.78, 5) is 12.8. The lowest BCUT2D eigenvalue weighted by molar-refractivity contribution is 0.0934. The number of amides is 1. The number of thiocarbonyl (C=S) groups is 1. The highest BCUT2D eigenvalue weighted by Gasteiger charge is 2.35. The summed E-state index contributed by atoms with van der Waals surface area (Å²) in [5.74, 6) is 0.409. The Kier molecular flexibility index (Phi) is 11.5. The summed E-state index contributed by atoms with van der Waals surface area (Å²) >= 11 is 23.7. The number of rotatable bonds is 11. The highest BCUT2D eigenvalue weighted by molar-refractivity contribution is 7.80. The van der Waals surface area contributed by atoms with Crippen molar-refractivity contribution < 1.29 is 14.3 Å². The molecule has 1 amide bonds. The van der Waals surface area contributed by atoms with Crippen LogP contribution in [-0.2, 0) is 6.42 Å². The first-order chi connectivity index (χ1) is 16.2. The maximum atomic E-state index is 12.8. The van der Waals surface area contributed by atoms with E-state index in [1.54, 1.807) is 12.1 Å². The molecule has 3 N–H and O–H groups in total. The minimum Gasteiger partial charge on any atom is -0.493 e. The number of halogens is 3. The summed E-state index contributed by atoms with van der Waals surface area (Å²) in [5, 5.41) is 8.75. The van der Waals surface area contributed by atoms with E-state index in [9.17, 15) is 4.79 Å². The fourth-order valence-electron chi connectivity index (χ4n) is 3.20. The topological polar surface area (TPSA) is 71.6 Å². The Morgan fingerprint density at radius 1 is 0.971 bits per heavy atom. The summed E-state index contributed by atoms with van der Waals surface area (Å²) in [6.07, 6.45) is 4.82. The van der Waals surface area contributed by atoms with Gasteiger partial charge in [0.15, 0.2) is 16.6 Å². The van der Waals surface area contributed by atoms with Crippen LogP contribution in [0.25, 0.3) is 0 Å². The van der Waals surface area contributed by atoms with Crippen LogP contribution >= 0.6 is 47.0 Å². The van der Waals surface area contributed by atoms with Gasteiger partial charge in [-0.15, -0.1) is 0 Å². The molecule has 0 heterocycles. The number of carbonyl (C=O) groups is 1. The van der Waals surface area contributed by atoms with Crippen molar-refractivity contribution in [2.24, 2.45) is 0 Å². The minimum atomic E-state index is -1.87. The molecule has 0 spiro atoms. The molecule has 0 saturated carbocycles. The van der Waals surface area contributed by atoms with Gasteiger partial charge in [-0.1, -0.05) is 73.1 Å². The SMILES string of the molecule is CCCCCCc1ccc(NC(=S)NC(NC(=O)c2ccc(OC)c(OC)c2)C(Cl)(Cl)Cl)cc1. The zero-order valence-corrected chi connectivity index (χ0v) is 22.5. The molecule has 0 aromatic heterocycles. The number of benzene rings is 2. The van der Waals surface area contributed by atoms with Crippen molar-refractivity contribution in [1.29, 1.82) is 0 Å². The number of hydrogen-bond acceptors (Lipinski definition) is 4. The molecule has 186 valence electrons. The van der Waals surface area contributed by atoms with Crippen LogP contribution in [0.2, 0.25) is 0 Å². The smallest absolute Gasteiger partial charge is 0.253 e.